The molecule has 0 bridgehead atoms. The van der Waals surface area contributed by atoms with E-state index in [9.17, 15) is 9.90 Å². The van der Waals surface area contributed by atoms with Crippen LogP contribution in [0.4, 0.5) is 0 Å². The van der Waals surface area contributed by atoms with Gasteiger partial charge in [-0.05, 0) is 49.8 Å². The molecule has 1 saturated carbocycles. The van der Waals surface area contributed by atoms with Crippen molar-refractivity contribution in [2.24, 2.45) is 5.92 Å². The van der Waals surface area contributed by atoms with Crippen LogP contribution in [-0.2, 0) is 11.3 Å². The minimum atomic E-state index is -1.12. The molecule has 3 rings (SSSR count). The monoisotopic (exact) mass is 331 g/mol. The number of piperidine rings is 1. The molecule has 1 unspecified atom stereocenters. The van der Waals surface area contributed by atoms with E-state index in [2.05, 4.69) is 21.3 Å². The van der Waals surface area contributed by atoms with E-state index in [0.29, 0.717) is 25.3 Å². The fourth-order valence-electron chi connectivity index (χ4n) is 3.98. The molecule has 5 heteroatoms. The minimum absolute atomic E-state index is 0.161. The Morgan fingerprint density at radius 1 is 1.33 bits per heavy atom. The average molecular weight is 331 g/mol. The van der Waals surface area contributed by atoms with E-state index in [-0.39, 0.29) is 5.91 Å². The molecule has 5 nitrogen and oxygen atoms in total. The molecule has 24 heavy (non-hydrogen) atoms. The van der Waals surface area contributed by atoms with Gasteiger partial charge in [0.25, 0.3) is 5.91 Å². The van der Waals surface area contributed by atoms with E-state index in [1.165, 1.54) is 5.56 Å². The molecule has 1 aliphatic carbocycles. The molecule has 0 aromatic carbocycles. The molecule has 1 atom stereocenters. The first kappa shape index (κ1) is 17.4. The number of aliphatic hydroxyl groups is 1. The third kappa shape index (κ3) is 4.54. The lowest BCUT2D eigenvalue weighted by atomic mass is 9.84. The fraction of sp³-hybridized carbons (Fsp3) is 0.684. The normalized spacial score (nSPS) is 24.5. The Bertz CT molecular complexity index is 529. The van der Waals surface area contributed by atoms with Crippen LogP contribution in [0.15, 0.2) is 24.5 Å². The summed E-state index contributed by atoms with van der Waals surface area (Å²) in [4.78, 5) is 19.0. The van der Waals surface area contributed by atoms with E-state index in [0.717, 1.165) is 51.7 Å². The Morgan fingerprint density at radius 3 is 2.92 bits per heavy atom. The number of pyridine rings is 1. The molecular formula is C19H29N3O2. The molecule has 2 fully saturated rings. The highest BCUT2D eigenvalue weighted by Crippen LogP contribution is 2.28. The van der Waals surface area contributed by atoms with Crippen LogP contribution in [0.5, 0.6) is 0 Å². The molecule has 132 valence electrons. The van der Waals surface area contributed by atoms with E-state index in [1.807, 2.05) is 12.3 Å². The highest BCUT2D eigenvalue weighted by atomic mass is 16.3. The maximum Gasteiger partial charge on any atom is 0.251 e. The van der Waals surface area contributed by atoms with Crippen molar-refractivity contribution < 1.29 is 9.90 Å². The molecule has 1 aromatic heterocycles. The molecule has 2 aliphatic rings. The van der Waals surface area contributed by atoms with Crippen molar-refractivity contribution in [1.29, 1.82) is 0 Å². The number of carbonyl (C=O) groups excluding carboxylic acids is 1. The summed E-state index contributed by atoms with van der Waals surface area (Å²) in [5.41, 5.74) is 0.112. The largest absolute Gasteiger partial charge is 0.380 e. The van der Waals surface area contributed by atoms with E-state index in [1.54, 1.807) is 6.20 Å². The zero-order valence-corrected chi connectivity index (χ0v) is 14.4. The maximum absolute atomic E-state index is 12.4. The van der Waals surface area contributed by atoms with Crippen molar-refractivity contribution in [3.8, 4) is 0 Å². The van der Waals surface area contributed by atoms with Gasteiger partial charge in [-0.2, -0.15) is 0 Å². The third-order valence-electron chi connectivity index (χ3n) is 5.39. The number of rotatable bonds is 5. The first-order chi connectivity index (χ1) is 11.7. The van der Waals surface area contributed by atoms with Gasteiger partial charge in [0.1, 0.15) is 5.60 Å². The summed E-state index contributed by atoms with van der Waals surface area (Å²) >= 11 is 0. The summed E-state index contributed by atoms with van der Waals surface area (Å²) in [5.74, 6) is 0.304. The molecule has 2 N–H and O–H groups in total. The second-order valence-electron chi connectivity index (χ2n) is 7.41. The number of nitrogens with one attached hydrogen (secondary N) is 1. The molecular weight excluding hydrogens is 302 g/mol. The minimum Gasteiger partial charge on any atom is -0.380 e. The average Bonchev–Trinajstić information content (AvgIpc) is 2.61. The molecule has 1 amide bonds. The van der Waals surface area contributed by atoms with Gasteiger partial charge in [-0.3, -0.25) is 14.7 Å². The first-order valence-electron chi connectivity index (χ1n) is 9.28. The number of amides is 1. The van der Waals surface area contributed by atoms with Gasteiger partial charge < -0.3 is 10.4 Å². The third-order valence-corrected chi connectivity index (χ3v) is 5.39. The fourth-order valence-corrected chi connectivity index (χ4v) is 3.98. The second-order valence-corrected chi connectivity index (χ2v) is 7.41. The van der Waals surface area contributed by atoms with Crippen molar-refractivity contribution in [3.05, 3.63) is 30.1 Å². The lowest BCUT2D eigenvalue weighted by Crippen LogP contribution is -2.50. The second kappa shape index (κ2) is 8.08. The number of carbonyl (C=O) groups is 1. The van der Waals surface area contributed by atoms with Crippen molar-refractivity contribution in [1.82, 2.24) is 15.2 Å². The lowest BCUT2D eigenvalue weighted by Gasteiger charge is -2.34. The summed E-state index contributed by atoms with van der Waals surface area (Å²) in [6.07, 6.45) is 10.3. The lowest BCUT2D eigenvalue weighted by molar-refractivity contribution is -0.143. The van der Waals surface area contributed by atoms with Crippen LogP contribution in [0.1, 0.15) is 50.5 Å². The molecule has 1 aliphatic heterocycles. The summed E-state index contributed by atoms with van der Waals surface area (Å²) in [6.45, 7) is 3.68. The van der Waals surface area contributed by atoms with Gasteiger partial charge in [-0.1, -0.05) is 25.3 Å². The van der Waals surface area contributed by atoms with Crippen molar-refractivity contribution >= 4 is 5.91 Å². The van der Waals surface area contributed by atoms with Gasteiger partial charge in [-0.15, -0.1) is 0 Å². The van der Waals surface area contributed by atoms with Crippen LogP contribution in [0.2, 0.25) is 0 Å². The van der Waals surface area contributed by atoms with Crippen LogP contribution < -0.4 is 5.32 Å². The standard InChI is InChI=1S/C19H29N3O2/c23-18(19(24)8-2-1-3-9-19)21-13-17-7-5-11-22(15-17)14-16-6-4-10-20-12-16/h4,6,10,12,17,24H,1-3,5,7-9,11,13-15H2,(H,21,23). The van der Waals surface area contributed by atoms with E-state index < -0.39 is 5.60 Å². The predicted octanol–water partition coefficient (Wildman–Crippen LogP) is 2.10. The Hall–Kier alpha value is -1.46. The van der Waals surface area contributed by atoms with Gasteiger partial charge in [-0.25, -0.2) is 0 Å². The van der Waals surface area contributed by atoms with E-state index in [4.69, 9.17) is 0 Å². The number of hydrogen-bond donors (Lipinski definition) is 2. The highest BCUT2D eigenvalue weighted by molar-refractivity contribution is 5.84. The molecule has 0 radical (unpaired) electrons. The van der Waals surface area contributed by atoms with Gasteiger partial charge >= 0.3 is 0 Å². The molecule has 1 saturated heterocycles. The first-order valence-corrected chi connectivity index (χ1v) is 9.28. The predicted molar refractivity (Wildman–Crippen MR) is 93.3 cm³/mol. The van der Waals surface area contributed by atoms with Gasteiger partial charge in [0.05, 0.1) is 0 Å². The van der Waals surface area contributed by atoms with Gasteiger partial charge in [0.2, 0.25) is 0 Å². The summed E-state index contributed by atoms with van der Waals surface area (Å²) in [6, 6.07) is 4.08. The van der Waals surface area contributed by atoms with Gasteiger partial charge in [0.15, 0.2) is 0 Å². The van der Waals surface area contributed by atoms with Crippen molar-refractivity contribution in [2.45, 2.75) is 57.1 Å². The summed E-state index contributed by atoms with van der Waals surface area (Å²) < 4.78 is 0. The van der Waals surface area contributed by atoms with Crippen molar-refractivity contribution in [3.63, 3.8) is 0 Å². The maximum atomic E-state index is 12.4. The van der Waals surface area contributed by atoms with Crippen molar-refractivity contribution in [2.75, 3.05) is 19.6 Å². The molecule has 2 heterocycles. The zero-order valence-electron chi connectivity index (χ0n) is 14.4. The van der Waals surface area contributed by atoms with Crippen LogP contribution in [0, 0.1) is 5.92 Å². The van der Waals surface area contributed by atoms with E-state index >= 15 is 0 Å². The summed E-state index contributed by atoms with van der Waals surface area (Å²) in [7, 11) is 0. The Balaban J connectivity index is 1.46. The Kier molecular flexibility index (Phi) is 5.85. The molecule has 1 aromatic rings. The topological polar surface area (TPSA) is 65.5 Å². The Labute approximate surface area is 144 Å². The van der Waals surface area contributed by atoms with Crippen LogP contribution >= 0.6 is 0 Å². The Morgan fingerprint density at radius 2 is 2.17 bits per heavy atom. The van der Waals surface area contributed by atoms with Crippen LogP contribution in [0.25, 0.3) is 0 Å². The molecule has 0 spiro atoms. The van der Waals surface area contributed by atoms with Crippen LogP contribution in [0.3, 0.4) is 0 Å². The number of nitrogens with zero attached hydrogens (tertiary/aromatic N) is 2. The summed E-state index contributed by atoms with van der Waals surface area (Å²) in [5, 5.41) is 13.5. The zero-order chi connectivity index (χ0) is 16.8. The SMILES string of the molecule is O=C(NCC1CCCN(Cc2cccnc2)C1)C1(O)CCCCC1. The highest BCUT2D eigenvalue weighted by Gasteiger charge is 2.37. The van der Waals surface area contributed by atoms with Crippen LogP contribution in [-0.4, -0.2) is 46.1 Å². The number of hydrogen-bond acceptors (Lipinski definition) is 4. The van der Waals surface area contributed by atoms with Gasteiger partial charge in [0, 0.05) is 32.0 Å². The number of likely N-dealkylation sites (tertiary alicyclic amines) is 1. The quantitative estimate of drug-likeness (QED) is 0.867. The number of aromatic nitrogens is 1. The smallest absolute Gasteiger partial charge is 0.251 e.